The summed E-state index contributed by atoms with van der Waals surface area (Å²) in [4.78, 5) is 2.23. The van der Waals surface area contributed by atoms with Crippen molar-refractivity contribution >= 4 is 10.2 Å². The van der Waals surface area contributed by atoms with Gasteiger partial charge in [0.1, 0.15) is 0 Å². The molecule has 0 saturated carbocycles. The summed E-state index contributed by atoms with van der Waals surface area (Å²) in [5, 5.41) is 3.09. The molecule has 1 unspecified atom stereocenters. The number of nitrogens with zero attached hydrogens (tertiary/aromatic N) is 2. The van der Waals surface area contributed by atoms with Gasteiger partial charge in [-0.2, -0.15) is 12.7 Å². The third-order valence-corrected chi connectivity index (χ3v) is 5.80. The molecule has 0 bridgehead atoms. The molecular formula is C13H28N4O3S. The molecule has 21 heavy (non-hydrogen) atoms. The van der Waals surface area contributed by atoms with Crippen molar-refractivity contribution in [1.29, 1.82) is 0 Å². The van der Waals surface area contributed by atoms with Crippen molar-refractivity contribution in [3.05, 3.63) is 0 Å². The molecule has 2 heterocycles. The van der Waals surface area contributed by atoms with Crippen LogP contribution >= 0.6 is 0 Å². The molecule has 0 aromatic rings. The van der Waals surface area contributed by atoms with Crippen molar-refractivity contribution in [2.24, 2.45) is 0 Å². The van der Waals surface area contributed by atoms with E-state index in [-0.39, 0.29) is 6.04 Å². The van der Waals surface area contributed by atoms with Crippen LogP contribution in [-0.2, 0) is 14.9 Å². The van der Waals surface area contributed by atoms with Gasteiger partial charge in [0.2, 0.25) is 0 Å². The highest BCUT2D eigenvalue weighted by atomic mass is 32.2. The van der Waals surface area contributed by atoms with E-state index in [0.29, 0.717) is 19.6 Å². The predicted molar refractivity (Wildman–Crippen MR) is 82.5 cm³/mol. The average molecular weight is 320 g/mol. The Morgan fingerprint density at radius 2 is 1.95 bits per heavy atom. The highest BCUT2D eigenvalue weighted by Gasteiger charge is 2.31. The monoisotopic (exact) mass is 320 g/mol. The molecule has 8 heteroatoms. The first kappa shape index (κ1) is 17.1. The number of ether oxygens (including phenoxy) is 1. The number of hydrogen-bond acceptors (Lipinski definition) is 5. The molecule has 7 nitrogen and oxygen atoms in total. The largest absolute Gasteiger partial charge is 0.379 e. The van der Waals surface area contributed by atoms with Crippen molar-refractivity contribution < 1.29 is 13.2 Å². The molecule has 2 rings (SSSR count). The molecule has 124 valence electrons. The zero-order chi connectivity index (χ0) is 15.1. The van der Waals surface area contributed by atoms with Crippen LogP contribution in [-0.4, -0.2) is 83.2 Å². The summed E-state index contributed by atoms with van der Waals surface area (Å²) in [5.74, 6) is 0. The lowest BCUT2D eigenvalue weighted by atomic mass is 10.1. The van der Waals surface area contributed by atoms with Crippen molar-refractivity contribution in [3.63, 3.8) is 0 Å². The van der Waals surface area contributed by atoms with Crippen LogP contribution in [0.2, 0.25) is 0 Å². The van der Waals surface area contributed by atoms with Gasteiger partial charge in [0.15, 0.2) is 0 Å². The molecule has 0 amide bonds. The Labute approximate surface area is 128 Å². The first-order valence-electron chi connectivity index (χ1n) is 7.84. The number of rotatable bonds is 7. The van der Waals surface area contributed by atoms with Crippen LogP contribution in [0.1, 0.15) is 19.3 Å². The minimum Gasteiger partial charge on any atom is -0.379 e. The van der Waals surface area contributed by atoms with Crippen molar-refractivity contribution in [3.8, 4) is 0 Å². The van der Waals surface area contributed by atoms with E-state index in [2.05, 4.69) is 14.9 Å². The van der Waals surface area contributed by atoms with Gasteiger partial charge in [-0.25, -0.2) is 4.72 Å². The Balaban J connectivity index is 1.81. The second-order valence-electron chi connectivity index (χ2n) is 5.67. The zero-order valence-electron chi connectivity index (χ0n) is 12.9. The highest BCUT2D eigenvalue weighted by Crippen LogP contribution is 2.19. The van der Waals surface area contributed by atoms with Crippen molar-refractivity contribution in [2.75, 3.05) is 59.5 Å². The van der Waals surface area contributed by atoms with E-state index in [4.69, 9.17) is 4.74 Å². The van der Waals surface area contributed by atoms with Crippen LogP contribution in [0, 0.1) is 0 Å². The molecular weight excluding hydrogens is 292 g/mol. The van der Waals surface area contributed by atoms with Gasteiger partial charge in [-0.3, -0.25) is 4.90 Å². The minimum atomic E-state index is -3.37. The predicted octanol–water partition coefficient (Wildman–Crippen LogP) is -0.773. The van der Waals surface area contributed by atoms with E-state index < -0.39 is 10.2 Å². The molecule has 2 fully saturated rings. The quantitative estimate of drug-likeness (QED) is 0.644. The first-order chi connectivity index (χ1) is 10.1. The standard InChI is InChI=1S/C13H28N4O3S/c1-14-12-13-4-2-3-6-17(13)21(18,19)15-5-7-16-8-10-20-11-9-16/h13-15H,2-12H2,1H3. The van der Waals surface area contributed by atoms with Gasteiger partial charge in [-0.15, -0.1) is 0 Å². The van der Waals surface area contributed by atoms with Crippen LogP contribution in [0.3, 0.4) is 0 Å². The topological polar surface area (TPSA) is 73.9 Å². The van der Waals surface area contributed by atoms with Crippen LogP contribution in [0.5, 0.6) is 0 Å². The van der Waals surface area contributed by atoms with Gasteiger partial charge in [-0.1, -0.05) is 6.42 Å². The fourth-order valence-electron chi connectivity index (χ4n) is 2.97. The smallest absolute Gasteiger partial charge is 0.279 e. The van der Waals surface area contributed by atoms with E-state index >= 15 is 0 Å². The summed E-state index contributed by atoms with van der Waals surface area (Å²) in [5.41, 5.74) is 0. The van der Waals surface area contributed by atoms with Crippen LogP contribution in [0.25, 0.3) is 0 Å². The van der Waals surface area contributed by atoms with Gasteiger partial charge >= 0.3 is 0 Å². The molecule has 0 aromatic heterocycles. The Bertz CT molecular complexity index is 396. The summed E-state index contributed by atoms with van der Waals surface area (Å²) in [7, 11) is -1.50. The maximum absolute atomic E-state index is 12.5. The molecule has 2 aliphatic heterocycles. The molecule has 2 N–H and O–H groups in total. The summed E-state index contributed by atoms with van der Waals surface area (Å²) in [6, 6.07) is 0.0737. The number of hydrogen-bond donors (Lipinski definition) is 2. The number of piperidine rings is 1. The maximum atomic E-state index is 12.5. The van der Waals surface area contributed by atoms with E-state index in [1.54, 1.807) is 4.31 Å². The molecule has 2 aliphatic rings. The summed E-state index contributed by atoms with van der Waals surface area (Å²) < 4.78 is 34.6. The average Bonchev–Trinajstić information content (AvgIpc) is 2.49. The molecule has 0 aromatic carbocycles. The molecule has 0 radical (unpaired) electrons. The van der Waals surface area contributed by atoms with Crippen molar-refractivity contribution in [2.45, 2.75) is 25.3 Å². The van der Waals surface area contributed by atoms with E-state index in [1.165, 1.54) is 0 Å². The van der Waals surface area contributed by atoms with E-state index in [9.17, 15) is 8.42 Å². The highest BCUT2D eigenvalue weighted by molar-refractivity contribution is 7.87. The Hall–Kier alpha value is -0.250. The van der Waals surface area contributed by atoms with Crippen LogP contribution < -0.4 is 10.0 Å². The normalized spacial score (nSPS) is 26.0. The summed E-state index contributed by atoms with van der Waals surface area (Å²) in [6.45, 7) is 5.79. The van der Waals surface area contributed by atoms with E-state index in [1.807, 2.05) is 7.05 Å². The SMILES string of the molecule is CNCC1CCCCN1S(=O)(=O)NCCN1CCOCC1. The summed E-state index contributed by atoms with van der Waals surface area (Å²) >= 11 is 0. The lowest BCUT2D eigenvalue weighted by Gasteiger charge is -2.35. The van der Waals surface area contributed by atoms with Gasteiger partial charge in [0, 0.05) is 45.3 Å². The number of nitrogens with one attached hydrogen (secondary N) is 2. The fraction of sp³-hybridized carbons (Fsp3) is 1.00. The van der Waals surface area contributed by atoms with Gasteiger partial charge in [0.05, 0.1) is 13.2 Å². The third-order valence-electron chi connectivity index (χ3n) is 4.14. The minimum absolute atomic E-state index is 0.0737. The van der Waals surface area contributed by atoms with Gasteiger partial charge < -0.3 is 10.1 Å². The Morgan fingerprint density at radius 1 is 1.19 bits per heavy atom. The lowest BCUT2D eigenvalue weighted by molar-refractivity contribution is 0.0389. The third kappa shape index (κ3) is 5.15. The summed E-state index contributed by atoms with van der Waals surface area (Å²) in [6.07, 6.45) is 2.99. The number of likely N-dealkylation sites (N-methyl/N-ethyl adjacent to an activating group) is 1. The van der Waals surface area contributed by atoms with Gasteiger partial charge in [-0.05, 0) is 19.9 Å². The van der Waals surface area contributed by atoms with Gasteiger partial charge in [0.25, 0.3) is 10.2 Å². The molecule has 0 spiro atoms. The maximum Gasteiger partial charge on any atom is 0.279 e. The lowest BCUT2D eigenvalue weighted by Crippen LogP contribution is -2.53. The van der Waals surface area contributed by atoms with Crippen molar-refractivity contribution in [1.82, 2.24) is 19.2 Å². The molecule has 0 aliphatic carbocycles. The second kappa shape index (κ2) is 8.40. The Kier molecular flexibility index (Phi) is 6.84. The van der Waals surface area contributed by atoms with Crippen LogP contribution in [0.4, 0.5) is 0 Å². The number of morpholine rings is 1. The molecule has 1 atom stereocenters. The van der Waals surface area contributed by atoms with E-state index in [0.717, 1.165) is 52.1 Å². The zero-order valence-corrected chi connectivity index (χ0v) is 13.7. The van der Waals surface area contributed by atoms with Crippen LogP contribution in [0.15, 0.2) is 0 Å². The fourth-order valence-corrected chi connectivity index (χ4v) is 4.43. The first-order valence-corrected chi connectivity index (χ1v) is 9.28. The second-order valence-corrected chi connectivity index (χ2v) is 7.38. The Morgan fingerprint density at radius 3 is 2.67 bits per heavy atom. The molecule has 2 saturated heterocycles.